The number of hydrogen-bond acceptors (Lipinski definition) is 4. The fraction of sp³-hybridized carbons (Fsp3) is 0.391. The molecule has 0 bridgehead atoms. The summed E-state index contributed by atoms with van der Waals surface area (Å²) >= 11 is 0. The molecule has 1 heterocycles. The molecule has 0 aliphatic carbocycles. The highest BCUT2D eigenvalue weighted by atomic mass is 32.2. The van der Waals surface area contributed by atoms with E-state index in [-0.39, 0.29) is 30.9 Å². The number of sulfonamides is 1. The van der Waals surface area contributed by atoms with Gasteiger partial charge in [0.25, 0.3) is 0 Å². The Hall–Kier alpha value is -2.91. The van der Waals surface area contributed by atoms with E-state index in [0.717, 1.165) is 11.1 Å². The highest BCUT2D eigenvalue weighted by Gasteiger charge is 2.29. The standard InChI is InChI=1S/C23H30N4O4S/c1-18-7-9-21(10-8-18)32(30,31)27-15-12-20(13-16-27)26-22(28)11-14-24-23(29)25-17-19-5-3-2-4-6-19/h2-10,20H,11-17H2,1H3,(H,26,28)(H2,24,25,29). The van der Waals surface area contributed by atoms with Crippen molar-refractivity contribution in [1.82, 2.24) is 20.3 Å². The molecule has 0 aromatic heterocycles. The topological polar surface area (TPSA) is 108 Å². The molecule has 2 aromatic rings. The summed E-state index contributed by atoms with van der Waals surface area (Å²) in [6, 6.07) is 16.0. The summed E-state index contributed by atoms with van der Waals surface area (Å²) in [6.07, 6.45) is 1.28. The van der Waals surface area contributed by atoms with Gasteiger partial charge in [0.05, 0.1) is 4.90 Å². The second kappa shape index (κ2) is 11.1. The van der Waals surface area contributed by atoms with E-state index in [0.29, 0.717) is 37.4 Å². The summed E-state index contributed by atoms with van der Waals surface area (Å²) in [6.45, 7) is 3.29. The zero-order chi connectivity index (χ0) is 23.0. The molecular weight excluding hydrogens is 428 g/mol. The summed E-state index contributed by atoms with van der Waals surface area (Å²) < 4.78 is 27.0. The van der Waals surface area contributed by atoms with Crippen LogP contribution in [0.1, 0.15) is 30.4 Å². The van der Waals surface area contributed by atoms with Crippen LogP contribution < -0.4 is 16.0 Å². The van der Waals surface area contributed by atoms with Crippen LogP contribution in [0.5, 0.6) is 0 Å². The van der Waals surface area contributed by atoms with Crippen molar-refractivity contribution in [3.05, 3.63) is 65.7 Å². The van der Waals surface area contributed by atoms with E-state index < -0.39 is 10.0 Å². The molecule has 0 saturated carbocycles. The molecule has 0 radical (unpaired) electrons. The molecule has 1 aliphatic rings. The Morgan fingerprint density at radius 3 is 2.28 bits per heavy atom. The Labute approximate surface area is 189 Å². The van der Waals surface area contributed by atoms with E-state index in [4.69, 9.17) is 0 Å². The summed E-state index contributed by atoms with van der Waals surface area (Å²) in [5, 5.41) is 8.35. The van der Waals surface area contributed by atoms with Gasteiger partial charge in [0.1, 0.15) is 0 Å². The molecule has 1 saturated heterocycles. The number of nitrogens with one attached hydrogen (secondary N) is 3. The molecule has 3 rings (SSSR count). The fourth-order valence-corrected chi connectivity index (χ4v) is 5.00. The summed E-state index contributed by atoms with van der Waals surface area (Å²) in [5.74, 6) is -0.159. The lowest BCUT2D eigenvalue weighted by molar-refractivity contribution is -0.121. The first kappa shape index (κ1) is 23.7. The van der Waals surface area contributed by atoms with Crippen LogP contribution in [0.2, 0.25) is 0 Å². The number of rotatable bonds is 8. The maximum atomic E-state index is 12.8. The molecule has 0 unspecified atom stereocenters. The van der Waals surface area contributed by atoms with E-state index in [1.807, 2.05) is 37.3 Å². The van der Waals surface area contributed by atoms with Crippen molar-refractivity contribution >= 4 is 22.0 Å². The largest absolute Gasteiger partial charge is 0.353 e. The lowest BCUT2D eigenvalue weighted by Crippen LogP contribution is -2.47. The van der Waals surface area contributed by atoms with Gasteiger partial charge in [0, 0.05) is 38.6 Å². The molecule has 1 aliphatic heterocycles. The number of carbonyl (C=O) groups excluding carboxylic acids is 2. The lowest BCUT2D eigenvalue weighted by Gasteiger charge is -2.31. The third-order valence-corrected chi connectivity index (χ3v) is 7.32. The summed E-state index contributed by atoms with van der Waals surface area (Å²) in [4.78, 5) is 24.3. The van der Waals surface area contributed by atoms with Crippen molar-refractivity contribution < 1.29 is 18.0 Å². The molecule has 32 heavy (non-hydrogen) atoms. The molecular formula is C23H30N4O4S. The van der Waals surface area contributed by atoms with Crippen molar-refractivity contribution in [2.24, 2.45) is 0 Å². The zero-order valence-corrected chi connectivity index (χ0v) is 19.0. The Kier molecular flexibility index (Phi) is 8.24. The molecule has 3 amide bonds. The minimum Gasteiger partial charge on any atom is -0.353 e. The van der Waals surface area contributed by atoms with Crippen LogP contribution in [0.4, 0.5) is 4.79 Å². The molecule has 8 nitrogen and oxygen atoms in total. The van der Waals surface area contributed by atoms with Gasteiger partial charge in [-0.1, -0.05) is 48.0 Å². The predicted molar refractivity (Wildman–Crippen MR) is 122 cm³/mol. The van der Waals surface area contributed by atoms with Crippen LogP contribution in [-0.4, -0.2) is 50.3 Å². The third-order valence-electron chi connectivity index (χ3n) is 5.41. The lowest BCUT2D eigenvalue weighted by atomic mass is 10.1. The van der Waals surface area contributed by atoms with Gasteiger partial charge >= 0.3 is 6.03 Å². The molecule has 2 aromatic carbocycles. The van der Waals surface area contributed by atoms with Crippen LogP contribution in [0.3, 0.4) is 0 Å². The SMILES string of the molecule is Cc1ccc(S(=O)(=O)N2CCC(NC(=O)CCNC(=O)NCc3ccccc3)CC2)cc1. The van der Waals surface area contributed by atoms with E-state index >= 15 is 0 Å². The van der Waals surface area contributed by atoms with E-state index in [9.17, 15) is 18.0 Å². The van der Waals surface area contributed by atoms with Crippen molar-refractivity contribution in [3.63, 3.8) is 0 Å². The number of nitrogens with zero attached hydrogens (tertiary/aromatic N) is 1. The summed E-state index contributed by atoms with van der Waals surface area (Å²) in [7, 11) is -3.51. The van der Waals surface area contributed by atoms with E-state index in [2.05, 4.69) is 16.0 Å². The van der Waals surface area contributed by atoms with Crippen molar-refractivity contribution in [3.8, 4) is 0 Å². The maximum absolute atomic E-state index is 12.8. The Bertz CT molecular complexity index is 1000. The second-order valence-electron chi connectivity index (χ2n) is 7.90. The first-order chi connectivity index (χ1) is 15.3. The molecule has 0 spiro atoms. The third kappa shape index (κ3) is 6.80. The number of urea groups is 1. The van der Waals surface area contributed by atoms with Crippen LogP contribution in [-0.2, 0) is 21.4 Å². The number of benzene rings is 2. The monoisotopic (exact) mass is 458 g/mol. The second-order valence-corrected chi connectivity index (χ2v) is 9.84. The minimum atomic E-state index is -3.51. The van der Waals surface area contributed by atoms with Gasteiger partial charge in [-0.25, -0.2) is 13.2 Å². The van der Waals surface area contributed by atoms with Crippen LogP contribution >= 0.6 is 0 Å². The van der Waals surface area contributed by atoms with Crippen molar-refractivity contribution in [2.45, 2.75) is 43.7 Å². The Morgan fingerprint density at radius 1 is 0.969 bits per heavy atom. The maximum Gasteiger partial charge on any atom is 0.315 e. The number of carbonyl (C=O) groups is 2. The van der Waals surface area contributed by atoms with Crippen LogP contribution in [0.15, 0.2) is 59.5 Å². The molecule has 1 fully saturated rings. The number of amides is 3. The normalized spacial score (nSPS) is 15.2. The van der Waals surface area contributed by atoms with Gasteiger partial charge in [-0.15, -0.1) is 0 Å². The predicted octanol–water partition coefficient (Wildman–Crippen LogP) is 2.15. The highest BCUT2D eigenvalue weighted by molar-refractivity contribution is 7.89. The van der Waals surface area contributed by atoms with Crippen molar-refractivity contribution in [1.29, 1.82) is 0 Å². The number of piperidine rings is 1. The number of hydrogen-bond donors (Lipinski definition) is 3. The molecule has 0 atom stereocenters. The highest BCUT2D eigenvalue weighted by Crippen LogP contribution is 2.21. The van der Waals surface area contributed by atoms with Gasteiger partial charge in [-0.2, -0.15) is 4.31 Å². The van der Waals surface area contributed by atoms with Crippen LogP contribution in [0, 0.1) is 6.92 Å². The van der Waals surface area contributed by atoms with Gasteiger partial charge in [-0.3, -0.25) is 4.79 Å². The first-order valence-corrected chi connectivity index (χ1v) is 12.2. The molecule has 3 N–H and O–H groups in total. The van der Waals surface area contributed by atoms with E-state index in [1.165, 1.54) is 4.31 Å². The average molecular weight is 459 g/mol. The minimum absolute atomic E-state index is 0.0705. The number of aryl methyl sites for hydroxylation is 1. The van der Waals surface area contributed by atoms with Gasteiger partial charge in [0.2, 0.25) is 15.9 Å². The molecule has 9 heteroatoms. The van der Waals surface area contributed by atoms with Crippen molar-refractivity contribution in [2.75, 3.05) is 19.6 Å². The Balaban J connectivity index is 1.34. The summed E-state index contributed by atoms with van der Waals surface area (Å²) in [5.41, 5.74) is 2.00. The Morgan fingerprint density at radius 2 is 1.62 bits per heavy atom. The van der Waals surface area contributed by atoms with Gasteiger partial charge < -0.3 is 16.0 Å². The van der Waals surface area contributed by atoms with Crippen LogP contribution in [0.25, 0.3) is 0 Å². The zero-order valence-electron chi connectivity index (χ0n) is 18.2. The van der Waals surface area contributed by atoms with E-state index in [1.54, 1.807) is 24.3 Å². The smallest absolute Gasteiger partial charge is 0.315 e. The van der Waals surface area contributed by atoms with Gasteiger partial charge in [0.15, 0.2) is 0 Å². The van der Waals surface area contributed by atoms with Gasteiger partial charge in [-0.05, 0) is 37.5 Å². The average Bonchev–Trinajstić information content (AvgIpc) is 2.79. The molecule has 172 valence electrons. The first-order valence-electron chi connectivity index (χ1n) is 10.8. The quantitative estimate of drug-likeness (QED) is 0.563. The fourth-order valence-electron chi connectivity index (χ4n) is 3.53.